The van der Waals surface area contributed by atoms with Crippen LogP contribution in [0, 0.1) is 0 Å². The Bertz CT molecular complexity index is 655. The molecule has 0 saturated carbocycles. The number of carbonyl (C=O) groups excluding carboxylic acids is 1. The van der Waals surface area contributed by atoms with Gasteiger partial charge in [-0.25, -0.2) is 4.98 Å². The van der Waals surface area contributed by atoms with Crippen LogP contribution in [0.2, 0.25) is 5.15 Å². The van der Waals surface area contributed by atoms with Gasteiger partial charge in [0.15, 0.2) is 0 Å². The Morgan fingerprint density at radius 2 is 2.14 bits per heavy atom. The van der Waals surface area contributed by atoms with E-state index < -0.39 is 0 Å². The number of morpholine rings is 1. The minimum atomic E-state index is -0.215. The molecule has 1 unspecified atom stereocenters. The molecule has 6 heteroatoms. The smallest absolute Gasteiger partial charge is 0.255 e. The van der Waals surface area contributed by atoms with Crippen LogP contribution in [-0.2, 0) is 4.74 Å². The van der Waals surface area contributed by atoms with Gasteiger partial charge in [-0.05, 0) is 29.8 Å². The average molecular weight is 318 g/mol. The molecule has 1 aliphatic rings. The van der Waals surface area contributed by atoms with Gasteiger partial charge in [-0.3, -0.25) is 4.79 Å². The van der Waals surface area contributed by atoms with E-state index in [-0.39, 0.29) is 12.0 Å². The number of rotatable bonds is 3. The van der Waals surface area contributed by atoms with Gasteiger partial charge in [0.05, 0.1) is 12.7 Å². The van der Waals surface area contributed by atoms with E-state index in [0.717, 1.165) is 24.3 Å². The summed E-state index contributed by atoms with van der Waals surface area (Å²) in [4.78, 5) is 16.0. The quantitative estimate of drug-likeness (QED) is 0.854. The van der Waals surface area contributed by atoms with Crippen molar-refractivity contribution >= 4 is 23.2 Å². The molecule has 1 saturated heterocycles. The second-order valence-corrected chi connectivity index (χ2v) is 5.39. The molecule has 1 atom stereocenters. The number of halogens is 1. The van der Waals surface area contributed by atoms with E-state index in [1.54, 1.807) is 6.07 Å². The second kappa shape index (κ2) is 6.87. The normalized spacial score (nSPS) is 18.0. The molecule has 2 aromatic rings. The molecular weight excluding hydrogens is 302 g/mol. The van der Waals surface area contributed by atoms with E-state index >= 15 is 0 Å². The molecule has 5 nitrogen and oxygen atoms in total. The number of hydrogen-bond acceptors (Lipinski definition) is 4. The summed E-state index contributed by atoms with van der Waals surface area (Å²) in [5.41, 5.74) is 2.30. The molecule has 22 heavy (non-hydrogen) atoms. The molecule has 1 aromatic heterocycles. The minimum absolute atomic E-state index is 0.0671. The standard InChI is InChI=1S/C16H16ClN3O2/c17-15-9-12(5-6-19-15)16(21)20-13-3-1-11(2-4-13)14-10-18-7-8-22-14/h1-6,9,14,18H,7-8,10H2,(H,20,21). The third-order valence-corrected chi connectivity index (χ3v) is 3.66. The molecule has 0 aliphatic carbocycles. The summed E-state index contributed by atoms with van der Waals surface area (Å²) in [6.45, 7) is 2.41. The van der Waals surface area contributed by atoms with E-state index in [9.17, 15) is 4.79 Å². The Labute approximate surface area is 133 Å². The summed E-state index contributed by atoms with van der Waals surface area (Å²) in [6, 6.07) is 10.8. The number of carbonyl (C=O) groups is 1. The highest BCUT2D eigenvalue weighted by Crippen LogP contribution is 2.21. The summed E-state index contributed by atoms with van der Waals surface area (Å²) in [5, 5.41) is 6.42. The summed E-state index contributed by atoms with van der Waals surface area (Å²) < 4.78 is 5.70. The maximum atomic E-state index is 12.1. The van der Waals surface area contributed by atoms with E-state index in [2.05, 4.69) is 15.6 Å². The summed E-state index contributed by atoms with van der Waals surface area (Å²) in [5.74, 6) is -0.215. The van der Waals surface area contributed by atoms with Crippen LogP contribution in [0.25, 0.3) is 0 Å². The molecule has 2 N–H and O–H groups in total. The van der Waals surface area contributed by atoms with Gasteiger partial charge in [0, 0.05) is 30.5 Å². The average Bonchev–Trinajstić information content (AvgIpc) is 2.56. The fourth-order valence-corrected chi connectivity index (χ4v) is 2.48. The summed E-state index contributed by atoms with van der Waals surface area (Å²) in [7, 11) is 0. The van der Waals surface area contributed by atoms with Gasteiger partial charge in [0.1, 0.15) is 5.15 Å². The maximum absolute atomic E-state index is 12.1. The van der Waals surface area contributed by atoms with Crippen LogP contribution in [0.1, 0.15) is 22.0 Å². The van der Waals surface area contributed by atoms with Crippen molar-refractivity contribution in [1.29, 1.82) is 0 Å². The molecule has 0 bridgehead atoms. The molecule has 1 fully saturated rings. The van der Waals surface area contributed by atoms with Crippen LogP contribution in [0.4, 0.5) is 5.69 Å². The van der Waals surface area contributed by atoms with Gasteiger partial charge in [-0.2, -0.15) is 0 Å². The van der Waals surface area contributed by atoms with Crippen molar-refractivity contribution in [3.8, 4) is 0 Å². The summed E-state index contributed by atoms with van der Waals surface area (Å²) >= 11 is 5.79. The first-order chi connectivity index (χ1) is 10.7. The zero-order valence-corrected chi connectivity index (χ0v) is 12.6. The lowest BCUT2D eigenvalue weighted by molar-refractivity contribution is 0.0277. The van der Waals surface area contributed by atoms with Crippen molar-refractivity contribution in [3.63, 3.8) is 0 Å². The third-order valence-electron chi connectivity index (χ3n) is 3.46. The Kier molecular flexibility index (Phi) is 4.68. The van der Waals surface area contributed by atoms with Crippen molar-refractivity contribution in [2.24, 2.45) is 0 Å². The lowest BCUT2D eigenvalue weighted by atomic mass is 10.1. The van der Waals surface area contributed by atoms with Gasteiger partial charge in [-0.1, -0.05) is 23.7 Å². The molecule has 114 valence electrons. The van der Waals surface area contributed by atoms with Gasteiger partial charge in [0.25, 0.3) is 5.91 Å². The molecule has 3 rings (SSSR count). The number of pyridine rings is 1. The predicted octanol–water partition coefficient (Wildman–Crippen LogP) is 2.65. The van der Waals surface area contributed by atoms with Crippen molar-refractivity contribution in [1.82, 2.24) is 10.3 Å². The van der Waals surface area contributed by atoms with Crippen LogP contribution in [0.3, 0.4) is 0 Å². The molecule has 0 spiro atoms. The van der Waals surface area contributed by atoms with Crippen LogP contribution >= 0.6 is 11.6 Å². The first kappa shape index (κ1) is 15.0. The van der Waals surface area contributed by atoms with Gasteiger partial charge >= 0.3 is 0 Å². The lowest BCUT2D eigenvalue weighted by Crippen LogP contribution is -2.33. The largest absolute Gasteiger partial charge is 0.371 e. The Balaban J connectivity index is 1.66. The van der Waals surface area contributed by atoms with E-state index in [4.69, 9.17) is 16.3 Å². The number of benzene rings is 1. The predicted molar refractivity (Wildman–Crippen MR) is 85.2 cm³/mol. The summed E-state index contributed by atoms with van der Waals surface area (Å²) in [6.07, 6.45) is 1.57. The van der Waals surface area contributed by atoms with Crippen molar-refractivity contribution in [2.45, 2.75) is 6.10 Å². The monoisotopic (exact) mass is 317 g/mol. The molecule has 1 amide bonds. The fourth-order valence-electron chi connectivity index (χ4n) is 2.31. The van der Waals surface area contributed by atoms with Crippen LogP contribution in [0.15, 0.2) is 42.6 Å². The lowest BCUT2D eigenvalue weighted by Gasteiger charge is -2.24. The molecule has 0 radical (unpaired) electrons. The van der Waals surface area contributed by atoms with E-state index in [1.807, 2.05) is 24.3 Å². The fraction of sp³-hybridized carbons (Fsp3) is 0.250. The van der Waals surface area contributed by atoms with Crippen LogP contribution in [0.5, 0.6) is 0 Å². The molecular formula is C16H16ClN3O2. The highest BCUT2D eigenvalue weighted by Gasteiger charge is 2.15. The van der Waals surface area contributed by atoms with Crippen molar-refractivity contribution in [2.75, 3.05) is 25.0 Å². The Morgan fingerprint density at radius 3 is 2.82 bits per heavy atom. The van der Waals surface area contributed by atoms with Gasteiger partial charge < -0.3 is 15.4 Å². The second-order valence-electron chi connectivity index (χ2n) is 5.01. The zero-order chi connectivity index (χ0) is 15.4. The molecule has 2 heterocycles. The number of aromatic nitrogens is 1. The maximum Gasteiger partial charge on any atom is 0.255 e. The third kappa shape index (κ3) is 3.62. The van der Waals surface area contributed by atoms with E-state index in [0.29, 0.717) is 17.3 Å². The Morgan fingerprint density at radius 1 is 1.32 bits per heavy atom. The first-order valence-corrected chi connectivity index (χ1v) is 7.45. The number of anilines is 1. The van der Waals surface area contributed by atoms with Gasteiger partial charge in [-0.15, -0.1) is 0 Å². The number of nitrogens with one attached hydrogen (secondary N) is 2. The number of nitrogens with zero attached hydrogens (tertiary/aromatic N) is 1. The molecule has 1 aromatic carbocycles. The minimum Gasteiger partial charge on any atom is -0.371 e. The van der Waals surface area contributed by atoms with Crippen molar-refractivity contribution in [3.05, 3.63) is 58.9 Å². The van der Waals surface area contributed by atoms with E-state index in [1.165, 1.54) is 12.3 Å². The first-order valence-electron chi connectivity index (χ1n) is 7.07. The van der Waals surface area contributed by atoms with Crippen molar-refractivity contribution < 1.29 is 9.53 Å². The van der Waals surface area contributed by atoms with Gasteiger partial charge in [0.2, 0.25) is 0 Å². The number of amides is 1. The van der Waals surface area contributed by atoms with Crippen LogP contribution < -0.4 is 10.6 Å². The topological polar surface area (TPSA) is 63.2 Å². The highest BCUT2D eigenvalue weighted by molar-refractivity contribution is 6.29. The number of ether oxygens (including phenoxy) is 1. The number of hydrogen-bond donors (Lipinski definition) is 2. The Hall–Kier alpha value is -1.95. The zero-order valence-electron chi connectivity index (χ0n) is 11.9. The molecule has 1 aliphatic heterocycles. The van der Waals surface area contributed by atoms with Crippen LogP contribution in [-0.4, -0.2) is 30.6 Å². The SMILES string of the molecule is O=C(Nc1ccc(C2CNCCO2)cc1)c1ccnc(Cl)c1. The highest BCUT2D eigenvalue weighted by atomic mass is 35.5.